The number of nitrogens with one attached hydrogen (secondary N) is 1. The van der Waals surface area contributed by atoms with E-state index in [4.69, 9.17) is 21.1 Å². The number of methoxy groups -OCH3 is 2. The molecule has 0 atom stereocenters. The largest absolute Gasteiger partial charge is 0.495 e. The summed E-state index contributed by atoms with van der Waals surface area (Å²) in [7, 11) is 2.76. The van der Waals surface area contributed by atoms with Crippen LogP contribution in [-0.2, 0) is 6.54 Å². The zero-order valence-electron chi connectivity index (χ0n) is 19.1. The first-order valence-corrected chi connectivity index (χ1v) is 11.8. The second kappa shape index (κ2) is 9.07. The predicted molar refractivity (Wildman–Crippen MR) is 126 cm³/mol. The first-order chi connectivity index (χ1) is 16.4. The fourth-order valence-electron chi connectivity index (χ4n) is 4.59. The van der Waals surface area contributed by atoms with Crippen LogP contribution in [0.1, 0.15) is 44.1 Å². The summed E-state index contributed by atoms with van der Waals surface area (Å²) in [6.07, 6.45) is 6.22. The highest BCUT2D eigenvalue weighted by atomic mass is 35.5. The molecule has 0 saturated heterocycles. The van der Waals surface area contributed by atoms with Crippen LogP contribution in [0.2, 0.25) is 5.02 Å². The van der Waals surface area contributed by atoms with Gasteiger partial charge in [-0.05, 0) is 38.5 Å². The van der Waals surface area contributed by atoms with Gasteiger partial charge in [0.1, 0.15) is 22.3 Å². The van der Waals surface area contributed by atoms with Gasteiger partial charge < -0.3 is 19.9 Å². The number of nitrogens with zero attached hydrogens (tertiary/aromatic N) is 4. The van der Waals surface area contributed by atoms with Crippen LogP contribution in [0.25, 0.3) is 0 Å². The van der Waals surface area contributed by atoms with Crippen LogP contribution in [0.15, 0.2) is 12.3 Å². The molecule has 0 radical (unpaired) electrons. The highest BCUT2D eigenvalue weighted by Gasteiger charge is 2.43. The first-order valence-electron chi connectivity index (χ1n) is 11.4. The molecule has 0 spiro atoms. The van der Waals surface area contributed by atoms with E-state index in [1.807, 2.05) is 0 Å². The van der Waals surface area contributed by atoms with E-state index in [-0.39, 0.29) is 46.9 Å². The predicted octanol–water partition coefficient (Wildman–Crippen LogP) is 4.11. The standard InChI is InChI=1S/C23H27ClFN5O4/c1-33-16-9-17(34-2)19(25)20(18(16)24)29-11-12-10-26-22(27-13-3-7-15(31)8-4-13)28-21(12)30(23(29)32)14-5-6-14/h9-10,13-15,31H,3-8,11H2,1-2H3,(H,26,27,28). The molecule has 1 aliphatic heterocycles. The number of hydrogen-bond acceptors (Lipinski definition) is 7. The van der Waals surface area contributed by atoms with Gasteiger partial charge in [0.05, 0.1) is 26.9 Å². The highest BCUT2D eigenvalue weighted by Crippen LogP contribution is 2.46. The molecule has 2 aliphatic carbocycles. The van der Waals surface area contributed by atoms with Crippen molar-refractivity contribution in [1.82, 2.24) is 9.97 Å². The number of benzene rings is 1. The average Bonchev–Trinajstić information content (AvgIpc) is 3.66. The lowest BCUT2D eigenvalue weighted by Crippen LogP contribution is -2.49. The Morgan fingerprint density at radius 3 is 2.50 bits per heavy atom. The first kappa shape index (κ1) is 22.9. The molecule has 9 nitrogen and oxygen atoms in total. The van der Waals surface area contributed by atoms with Crippen LogP contribution in [0.3, 0.4) is 0 Å². The second-order valence-electron chi connectivity index (χ2n) is 8.92. The van der Waals surface area contributed by atoms with Gasteiger partial charge in [0.2, 0.25) is 5.95 Å². The number of carbonyl (C=O) groups is 1. The minimum absolute atomic E-state index is 0.00737. The summed E-state index contributed by atoms with van der Waals surface area (Å²) >= 11 is 6.46. The van der Waals surface area contributed by atoms with E-state index in [1.54, 1.807) is 11.1 Å². The lowest BCUT2D eigenvalue weighted by atomic mass is 9.93. The van der Waals surface area contributed by atoms with E-state index in [0.29, 0.717) is 17.3 Å². The molecule has 3 aliphatic rings. The van der Waals surface area contributed by atoms with E-state index in [2.05, 4.69) is 15.3 Å². The zero-order chi connectivity index (χ0) is 24.0. The third-order valence-electron chi connectivity index (χ3n) is 6.60. The Morgan fingerprint density at radius 2 is 1.85 bits per heavy atom. The SMILES string of the molecule is COc1cc(OC)c(Cl)c(N2Cc3cnc(NC4CCC(O)CC4)nc3N(C3CC3)C2=O)c1F. The van der Waals surface area contributed by atoms with Crippen molar-refractivity contribution in [3.05, 3.63) is 28.7 Å². The van der Waals surface area contributed by atoms with Gasteiger partial charge in [0, 0.05) is 29.9 Å². The number of amides is 2. The number of carbonyl (C=O) groups excluding carboxylic acids is 1. The van der Waals surface area contributed by atoms with Crippen molar-refractivity contribution in [2.45, 2.75) is 63.3 Å². The number of halogens is 2. The third kappa shape index (κ3) is 4.09. The van der Waals surface area contributed by atoms with Gasteiger partial charge >= 0.3 is 6.03 Å². The van der Waals surface area contributed by atoms with Gasteiger partial charge in [0.15, 0.2) is 11.6 Å². The summed E-state index contributed by atoms with van der Waals surface area (Å²) in [4.78, 5) is 25.7. The number of aromatic nitrogens is 2. The van der Waals surface area contributed by atoms with Crippen LogP contribution in [-0.4, -0.2) is 53.5 Å². The Hall–Kier alpha value is -2.85. The number of aliphatic hydroxyl groups is 1. The van der Waals surface area contributed by atoms with Crippen molar-refractivity contribution >= 4 is 35.1 Å². The van der Waals surface area contributed by atoms with E-state index in [0.717, 1.165) is 38.5 Å². The Labute approximate surface area is 201 Å². The molecule has 0 bridgehead atoms. The molecule has 2 heterocycles. The number of hydrogen-bond donors (Lipinski definition) is 2. The van der Waals surface area contributed by atoms with Crippen molar-refractivity contribution < 1.29 is 23.8 Å². The summed E-state index contributed by atoms with van der Waals surface area (Å²) in [5, 5.41) is 13.1. The highest BCUT2D eigenvalue weighted by molar-refractivity contribution is 6.35. The van der Waals surface area contributed by atoms with E-state index >= 15 is 4.39 Å². The summed E-state index contributed by atoms with van der Waals surface area (Å²) < 4.78 is 25.8. The van der Waals surface area contributed by atoms with Gasteiger partial charge in [0.25, 0.3) is 0 Å². The molecule has 2 fully saturated rings. The minimum atomic E-state index is -0.737. The summed E-state index contributed by atoms with van der Waals surface area (Å²) in [6, 6.07) is 1.10. The molecule has 11 heteroatoms. The van der Waals surface area contributed by atoms with Gasteiger partial charge in [-0.3, -0.25) is 9.80 Å². The lowest BCUT2D eigenvalue weighted by Gasteiger charge is -2.37. The molecule has 2 amide bonds. The molecule has 1 aromatic carbocycles. The van der Waals surface area contributed by atoms with Crippen LogP contribution in [0, 0.1) is 5.82 Å². The van der Waals surface area contributed by atoms with Crippen molar-refractivity contribution in [2.24, 2.45) is 0 Å². The smallest absolute Gasteiger partial charge is 0.330 e. The van der Waals surface area contributed by atoms with Crippen LogP contribution in [0.5, 0.6) is 11.5 Å². The van der Waals surface area contributed by atoms with E-state index in [1.165, 1.54) is 25.2 Å². The zero-order valence-corrected chi connectivity index (χ0v) is 19.8. The van der Waals surface area contributed by atoms with Gasteiger partial charge in [-0.15, -0.1) is 0 Å². The van der Waals surface area contributed by atoms with Gasteiger partial charge in [-0.25, -0.2) is 14.2 Å². The number of anilines is 3. The van der Waals surface area contributed by atoms with Crippen LogP contribution >= 0.6 is 11.6 Å². The Kier molecular flexibility index (Phi) is 6.11. The molecule has 0 unspecified atom stereocenters. The van der Waals surface area contributed by atoms with Crippen LogP contribution < -0.4 is 24.6 Å². The molecule has 34 heavy (non-hydrogen) atoms. The van der Waals surface area contributed by atoms with Gasteiger partial charge in [-0.2, -0.15) is 4.98 Å². The van der Waals surface area contributed by atoms with Crippen molar-refractivity contribution in [1.29, 1.82) is 0 Å². The molecule has 2 aromatic rings. The van der Waals surface area contributed by atoms with Gasteiger partial charge in [-0.1, -0.05) is 11.6 Å². The molecule has 182 valence electrons. The quantitative estimate of drug-likeness (QED) is 0.627. The maximum absolute atomic E-state index is 15.3. The Bertz CT molecular complexity index is 1080. The Balaban J connectivity index is 1.50. The number of aliphatic hydroxyl groups excluding tert-OH is 1. The number of fused-ring (bicyclic) bond motifs is 1. The molecular weight excluding hydrogens is 465 g/mol. The maximum Gasteiger partial charge on any atom is 0.330 e. The van der Waals surface area contributed by atoms with E-state index in [9.17, 15) is 9.90 Å². The molecule has 1 aromatic heterocycles. The van der Waals surface area contributed by atoms with Crippen molar-refractivity contribution in [3.8, 4) is 11.5 Å². The van der Waals surface area contributed by atoms with Crippen LogP contribution in [0.4, 0.5) is 26.6 Å². The number of urea groups is 1. The van der Waals surface area contributed by atoms with E-state index < -0.39 is 11.8 Å². The normalized spacial score (nSPS) is 22.4. The summed E-state index contributed by atoms with van der Waals surface area (Å²) in [5.41, 5.74) is 0.593. The Morgan fingerprint density at radius 1 is 1.15 bits per heavy atom. The minimum Gasteiger partial charge on any atom is -0.495 e. The number of ether oxygens (including phenoxy) is 2. The fraction of sp³-hybridized carbons (Fsp3) is 0.522. The monoisotopic (exact) mass is 491 g/mol. The topological polar surface area (TPSA) is 100 Å². The molecule has 2 saturated carbocycles. The van der Waals surface area contributed by atoms with Crippen molar-refractivity contribution in [3.63, 3.8) is 0 Å². The third-order valence-corrected chi connectivity index (χ3v) is 6.96. The average molecular weight is 492 g/mol. The lowest BCUT2D eigenvalue weighted by molar-refractivity contribution is 0.126. The molecular formula is C23H27ClFN5O4. The molecule has 2 N–H and O–H groups in total. The second-order valence-corrected chi connectivity index (χ2v) is 9.30. The maximum atomic E-state index is 15.3. The summed E-state index contributed by atoms with van der Waals surface area (Å²) in [6.45, 7) is 0.0558. The molecule has 5 rings (SSSR count). The summed E-state index contributed by atoms with van der Waals surface area (Å²) in [5.74, 6) is 0.378. The van der Waals surface area contributed by atoms with Crippen molar-refractivity contribution in [2.75, 3.05) is 29.3 Å². The number of rotatable bonds is 6. The fourth-order valence-corrected chi connectivity index (χ4v) is 4.91.